The number of hydrogen-bond donors (Lipinski definition) is 0. The molecule has 0 saturated carbocycles. The Morgan fingerprint density at radius 2 is 1.91 bits per heavy atom. The van der Waals surface area contributed by atoms with Crippen molar-refractivity contribution < 1.29 is 0 Å². The van der Waals surface area contributed by atoms with Gasteiger partial charge in [-0.2, -0.15) is 0 Å². The molecule has 0 rings (SSSR count). The largest absolute Gasteiger partial charge is 0.118 e. The third kappa shape index (κ3) is 7.93. The quantitative estimate of drug-likeness (QED) is 0.309. The van der Waals surface area contributed by atoms with Crippen LogP contribution in [0.4, 0.5) is 0 Å². The van der Waals surface area contributed by atoms with Gasteiger partial charge in [-0.15, -0.1) is 18.2 Å². The Hall–Kier alpha value is 0.0300. The van der Waals surface area contributed by atoms with E-state index in [0.717, 1.165) is 6.42 Å². The van der Waals surface area contributed by atoms with Gasteiger partial charge in [-0.25, -0.2) is 0 Å². The molecular weight excluding hydrogens is 156 g/mol. The minimum absolute atomic E-state index is 0.191. The van der Waals surface area contributed by atoms with E-state index < -0.39 is 0 Å². The third-order valence-corrected chi connectivity index (χ3v) is 2.24. The average molecular weight is 175 g/mol. The highest BCUT2D eigenvalue weighted by atomic mass is 35.5. The van der Waals surface area contributed by atoms with Crippen LogP contribution in [0.1, 0.15) is 45.4 Å². The molecule has 0 aromatic rings. The molecule has 0 aromatic heterocycles. The van der Waals surface area contributed by atoms with Crippen LogP contribution in [0.25, 0.3) is 0 Å². The third-order valence-electron chi connectivity index (χ3n) is 1.84. The predicted molar refractivity (Wildman–Crippen MR) is 53.2 cm³/mol. The van der Waals surface area contributed by atoms with Gasteiger partial charge in [-0.3, -0.25) is 0 Å². The van der Waals surface area contributed by atoms with Crippen molar-refractivity contribution in [3.8, 4) is 0 Å². The molecule has 11 heavy (non-hydrogen) atoms. The van der Waals surface area contributed by atoms with Gasteiger partial charge < -0.3 is 0 Å². The number of allylic oxidation sites excluding steroid dienone is 1. The molecule has 0 N–H and O–H groups in total. The number of unbranched alkanes of at least 4 members (excludes halogenated alkanes) is 4. The maximum absolute atomic E-state index is 5.86. The van der Waals surface area contributed by atoms with Crippen LogP contribution in [0.5, 0.6) is 0 Å². The van der Waals surface area contributed by atoms with Crippen LogP contribution in [-0.2, 0) is 0 Å². The fourth-order valence-electron chi connectivity index (χ4n) is 1.06. The van der Waals surface area contributed by atoms with Crippen molar-refractivity contribution in [2.45, 2.75) is 50.8 Å². The molecule has 1 unspecified atom stereocenters. The lowest BCUT2D eigenvalue weighted by atomic mass is 10.1. The summed E-state index contributed by atoms with van der Waals surface area (Å²) in [4.78, 5) is 0. The monoisotopic (exact) mass is 174 g/mol. The number of hydrogen-bond acceptors (Lipinski definition) is 0. The molecule has 0 aliphatic heterocycles. The lowest BCUT2D eigenvalue weighted by Gasteiger charge is -2.02. The van der Waals surface area contributed by atoms with Crippen molar-refractivity contribution in [2.24, 2.45) is 0 Å². The molecule has 0 bridgehead atoms. The zero-order chi connectivity index (χ0) is 8.53. The predicted octanol–water partition coefficient (Wildman–Crippen LogP) is 4.14. The molecule has 1 heteroatoms. The van der Waals surface area contributed by atoms with E-state index in [4.69, 9.17) is 11.6 Å². The van der Waals surface area contributed by atoms with E-state index in [1.807, 2.05) is 6.08 Å². The summed E-state index contributed by atoms with van der Waals surface area (Å²) >= 11 is 5.86. The first-order chi connectivity index (χ1) is 5.31. The second-order valence-electron chi connectivity index (χ2n) is 2.95. The van der Waals surface area contributed by atoms with Crippen molar-refractivity contribution >= 4 is 11.6 Å². The topological polar surface area (TPSA) is 0 Å². The molecule has 66 valence electrons. The molecule has 0 spiro atoms. The molecule has 1 atom stereocenters. The second kappa shape index (κ2) is 8.13. The minimum atomic E-state index is 0.191. The second-order valence-corrected chi connectivity index (χ2v) is 3.52. The first kappa shape index (κ1) is 11.0. The van der Waals surface area contributed by atoms with Gasteiger partial charge in [0.25, 0.3) is 0 Å². The van der Waals surface area contributed by atoms with E-state index in [1.165, 1.54) is 32.1 Å². The van der Waals surface area contributed by atoms with Crippen molar-refractivity contribution in [3.63, 3.8) is 0 Å². The molecule has 0 heterocycles. The van der Waals surface area contributed by atoms with Crippen LogP contribution in [0.15, 0.2) is 12.7 Å². The first-order valence-corrected chi connectivity index (χ1v) is 5.01. The summed E-state index contributed by atoms with van der Waals surface area (Å²) in [5.74, 6) is 0. The van der Waals surface area contributed by atoms with E-state index in [2.05, 4.69) is 13.5 Å². The average Bonchev–Trinajstić information content (AvgIpc) is 2.04. The van der Waals surface area contributed by atoms with Crippen molar-refractivity contribution in [3.05, 3.63) is 12.7 Å². The number of halogens is 1. The Labute approximate surface area is 75.6 Å². The van der Waals surface area contributed by atoms with Crippen molar-refractivity contribution in [2.75, 3.05) is 0 Å². The van der Waals surface area contributed by atoms with Gasteiger partial charge in [-0.1, -0.05) is 45.1 Å². The molecule has 0 saturated heterocycles. The normalized spacial score (nSPS) is 12.9. The zero-order valence-corrected chi connectivity index (χ0v) is 8.24. The summed E-state index contributed by atoms with van der Waals surface area (Å²) in [6.07, 6.45) is 9.52. The standard InChI is InChI=1S/C10H19Cl/c1-3-5-6-7-8-9-10(11)4-2/h4,10H,2-3,5-9H2,1H3. The summed E-state index contributed by atoms with van der Waals surface area (Å²) < 4.78 is 0. The van der Waals surface area contributed by atoms with Gasteiger partial charge in [0.1, 0.15) is 0 Å². The summed E-state index contributed by atoms with van der Waals surface area (Å²) in [7, 11) is 0. The van der Waals surface area contributed by atoms with E-state index in [9.17, 15) is 0 Å². The highest BCUT2D eigenvalue weighted by Gasteiger charge is 1.96. The van der Waals surface area contributed by atoms with E-state index in [1.54, 1.807) is 0 Å². The van der Waals surface area contributed by atoms with Gasteiger partial charge in [0, 0.05) is 0 Å². The van der Waals surface area contributed by atoms with Gasteiger partial charge in [0.05, 0.1) is 5.38 Å². The Morgan fingerprint density at radius 3 is 2.45 bits per heavy atom. The lowest BCUT2D eigenvalue weighted by molar-refractivity contribution is 0.613. The highest BCUT2D eigenvalue weighted by molar-refractivity contribution is 6.21. The summed E-state index contributed by atoms with van der Waals surface area (Å²) in [6, 6.07) is 0. The smallest absolute Gasteiger partial charge is 0.0513 e. The van der Waals surface area contributed by atoms with Crippen LogP contribution in [0.3, 0.4) is 0 Å². The fraction of sp³-hybridized carbons (Fsp3) is 0.800. The molecule has 0 aromatic carbocycles. The molecule has 0 nitrogen and oxygen atoms in total. The molecule has 0 radical (unpaired) electrons. The maximum atomic E-state index is 5.86. The first-order valence-electron chi connectivity index (χ1n) is 4.58. The minimum Gasteiger partial charge on any atom is -0.118 e. The highest BCUT2D eigenvalue weighted by Crippen LogP contribution is 2.11. The van der Waals surface area contributed by atoms with Gasteiger partial charge in [-0.05, 0) is 6.42 Å². The molecule has 0 amide bonds. The molecular formula is C10H19Cl. The van der Waals surface area contributed by atoms with Crippen molar-refractivity contribution in [1.29, 1.82) is 0 Å². The fourth-order valence-corrected chi connectivity index (χ4v) is 1.22. The van der Waals surface area contributed by atoms with Gasteiger partial charge in [0.15, 0.2) is 0 Å². The number of rotatable bonds is 7. The van der Waals surface area contributed by atoms with E-state index in [0.29, 0.717) is 0 Å². The molecule has 0 aliphatic rings. The Morgan fingerprint density at radius 1 is 1.27 bits per heavy atom. The number of alkyl halides is 1. The van der Waals surface area contributed by atoms with Crippen LogP contribution in [0, 0.1) is 0 Å². The molecule has 0 fully saturated rings. The molecule has 0 aliphatic carbocycles. The Kier molecular flexibility index (Phi) is 8.15. The zero-order valence-electron chi connectivity index (χ0n) is 7.48. The van der Waals surface area contributed by atoms with Crippen LogP contribution < -0.4 is 0 Å². The van der Waals surface area contributed by atoms with Gasteiger partial charge >= 0.3 is 0 Å². The van der Waals surface area contributed by atoms with Crippen LogP contribution in [0.2, 0.25) is 0 Å². The summed E-state index contributed by atoms with van der Waals surface area (Å²) in [5, 5.41) is 0.191. The Balaban J connectivity index is 2.95. The van der Waals surface area contributed by atoms with Crippen LogP contribution in [-0.4, -0.2) is 5.38 Å². The Bertz CT molecular complexity index is 88.9. The van der Waals surface area contributed by atoms with E-state index in [-0.39, 0.29) is 5.38 Å². The van der Waals surface area contributed by atoms with Crippen LogP contribution >= 0.6 is 11.6 Å². The lowest BCUT2D eigenvalue weighted by Crippen LogP contribution is -1.91. The summed E-state index contributed by atoms with van der Waals surface area (Å²) in [6.45, 7) is 5.87. The van der Waals surface area contributed by atoms with Crippen molar-refractivity contribution in [1.82, 2.24) is 0 Å². The SMILES string of the molecule is C=CC(Cl)CCCCCCC. The summed E-state index contributed by atoms with van der Waals surface area (Å²) in [5.41, 5.74) is 0. The maximum Gasteiger partial charge on any atom is 0.0513 e. The van der Waals surface area contributed by atoms with E-state index >= 15 is 0 Å². The van der Waals surface area contributed by atoms with Gasteiger partial charge in [0.2, 0.25) is 0 Å².